The first kappa shape index (κ1) is 14.1. The van der Waals surface area contributed by atoms with Gasteiger partial charge in [-0.1, -0.05) is 5.21 Å². The maximum Gasteiger partial charge on any atom is 0.260 e. The fraction of sp³-hybridized carbons (Fsp3) is 0.625. The molecule has 1 heterocycles. The molecule has 1 aromatic rings. The van der Waals surface area contributed by atoms with Crippen molar-refractivity contribution in [1.29, 1.82) is 5.26 Å². The second-order valence-electron chi connectivity index (χ2n) is 4.13. The van der Waals surface area contributed by atoms with Crippen molar-refractivity contribution >= 4 is 26.0 Å². The lowest BCUT2D eigenvalue weighted by Gasteiger charge is -2.15. The quantitative estimate of drug-likeness (QED) is 0.865. The summed E-state index contributed by atoms with van der Waals surface area (Å²) in [7, 11) is -2.26. The second kappa shape index (κ2) is 4.72. The van der Waals surface area contributed by atoms with E-state index < -0.39 is 15.4 Å². The molecule has 0 fully saturated rings. The summed E-state index contributed by atoms with van der Waals surface area (Å²) < 4.78 is 27.5. The minimum Gasteiger partial charge on any atom is -0.235 e. The highest BCUT2D eigenvalue weighted by Gasteiger charge is 2.27. The van der Waals surface area contributed by atoms with Crippen molar-refractivity contribution in [3.8, 4) is 6.07 Å². The SMILES string of the molecule is Cn1nnc(Br)c1S(=O)(=O)NCC(C)(C)C#N. The van der Waals surface area contributed by atoms with Gasteiger partial charge in [-0.15, -0.1) is 5.10 Å². The van der Waals surface area contributed by atoms with Gasteiger partial charge in [0.2, 0.25) is 5.03 Å². The van der Waals surface area contributed by atoms with Crippen molar-refractivity contribution in [2.75, 3.05) is 6.54 Å². The van der Waals surface area contributed by atoms with Crippen LogP contribution in [-0.4, -0.2) is 30.0 Å². The Balaban J connectivity index is 2.96. The van der Waals surface area contributed by atoms with Crippen molar-refractivity contribution in [1.82, 2.24) is 19.7 Å². The monoisotopic (exact) mass is 321 g/mol. The first-order valence-corrected chi connectivity index (χ1v) is 6.93. The summed E-state index contributed by atoms with van der Waals surface area (Å²) in [6, 6.07) is 2.01. The van der Waals surface area contributed by atoms with Crippen LogP contribution in [0.4, 0.5) is 0 Å². The standard InChI is InChI=1S/C8H12BrN5O2S/c1-8(2,4-10)5-11-17(15,16)7-6(9)12-13-14(7)3/h11H,5H2,1-3H3. The number of hydrogen-bond donors (Lipinski definition) is 1. The maximum absolute atomic E-state index is 11.9. The van der Waals surface area contributed by atoms with Crippen LogP contribution in [0.5, 0.6) is 0 Å². The van der Waals surface area contributed by atoms with Gasteiger partial charge in [0.25, 0.3) is 10.0 Å². The highest BCUT2D eigenvalue weighted by molar-refractivity contribution is 9.10. The molecule has 1 N–H and O–H groups in total. The van der Waals surface area contributed by atoms with Gasteiger partial charge < -0.3 is 0 Å². The molecule has 0 unspecified atom stereocenters. The Morgan fingerprint density at radius 3 is 2.59 bits per heavy atom. The molecule has 94 valence electrons. The predicted molar refractivity (Wildman–Crippen MR) is 63.3 cm³/mol. The van der Waals surface area contributed by atoms with Gasteiger partial charge in [0.15, 0.2) is 4.60 Å². The van der Waals surface area contributed by atoms with Crippen LogP contribution in [0.3, 0.4) is 0 Å². The minimum absolute atomic E-state index is 0.0173. The Hall–Kier alpha value is -0.980. The molecule has 0 bridgehead atoms. The van der Waals surface area contributed by atoms with Gasteiger partial charge in [-0.25, -0.2) is 17.8 Å². The number of aryl methyl sites for hydroxylation is 1. The highest BCUT2D eigenvalue weighted by Crippen LogP contribution is 2.19. The van der Waals surface area contributed by atoms with Crippen LogP contribution in [0.25, 0.3) is 0 Å². The van der Waals surface area contributed by atoms with E-state index in [9.17, 15) is 8.42 Å². The van der Waals surface area contributed by atoms with E-state index in [1.807, 2.05) is 6.07 Å². The molecule has 0 saturated carbocycles. The van der Waals surface area contributed by atoms with E-state index in [1.165, 1.54) is 7.05 Å². The second-order valence-corrected chi connectivity index (χ2v) is 6.56. The summed E-state index contributed by atoms with van der Waals surface area (Å²) in [5.74, 6) is 0. The summed E-state index contributed by atoms with van der Waals surface area (Å²) in [6.45, 7) is 3.31. The van der Waals surface area contributed by atoms with Gasteiger partial charge >= 0.3 is 0 Å². The van der Waals surface area contributed by atoms with Gasteiger partial charge in [0.05, 0.1) is 11.5 Å². The van der Waals surface area contributed by atoms with Crippen LogP contribution in [0, 0.1) is 16.7 Å². The molecule has 0 aliphatic rings. The van der Waals surface area contributed by atoms with Gasteiger partial charge in [0.1, 0.15) is 0 Å². The molecule has 0 aromatic carbocycles. The van der Waals surface area contributed by atoms with E-state index in [4.69, 9.17) is 5.26 Å². The molecule has 1 aromatic heterocycles. The summed E-state index contributed by atoms with van der Waals surface area (Å²) in [5.41, 5.74) is -0.772. The maximum atomic E-state index is 11.9. The fourth-order valence-corrected chi connectivity index (χ4v) is 3.29. The molecule has 0 saturated heterocycles. The molecule has 1 rings (SSSR count). The van der Waals surface area contributed by atoms with Gasteiger partial charge in [-0.2, -0.15) is 5.26 Å². The third-order valence-corrected chi connectivity index (χ3v) is 4.29. The van der Waals surface area contributed by atoms with Crippen LogP contribution in [0.15, 0.2) is 9.63 Å². The number of halogens is 1. The molecular weight excluding hydrogens is 310 g/mol. The first-order chi connectivity index (χ1) is 7.69. The lowest BCUT2D eigenvalue weighted by Crippen LogP contribution is -2.34. The van der Waals surface area contributed by atoms with E-state index >= 15 is 0 Å². The van der Waals surface area contributed by atoms with Crippen molar-refractivity contribution < 1.29 is 8.42 Å². The van der Waals surface area contributed by atoms with E-state index in [1.54, 1.807) is 13.8 Å². The van der Waals surface area contributed by atoms with Gasteiger partial charge in [-0.3, -0.25) is 0 Å². The van der Waals surface area contributed by atoms with Crippen LogP contribution in [0.1, 0.15) is 13.8 Å². The average molecular weight is 322 g/mol. The summed E-state index contributed by atoms with van der Waals surface area (Å²) in [6.07, 6.45) is 0. The molecular formula is C8H12BrN5O2S. The minimum atomic E-state index is -3.73. The zero-order valence-corrected chi connectivity index (χ0v) is 12.0. The Bertz CT molecular complexity index is 537. The Morgan fingerprint density at radius 1 is 1.59 bits per heavy atom. The molecule has 0 radical (unpaired) electrons. The number of nitriles is 1. The molecule has 0 atom stereocenters. The topological polar surface area (TPSA) is 101 Å². The predicted octanol–water partition coefficient (Wildman–Crippen LogP) is 0.406. The number of nitrogens with zero attached hydrogens (tertiary/aromatic N) is 4. The normalized spacial score (nSPS) is 12.4. The number of hydrogen-bond acceptors (Lipinski definition) is 5. The zero-order chi connectivity index (χ0) is 13.3. The van der Waals surface area contributed by atoms with Crippen LogP contribution in [0.2, 0.25) is 0 Å². The van der Waals surface area contributed by atoms with Gasteiger partial charge in [0, 0.05) is 13.6 Å². The number of aromatic nitrogens is 3. The Morgan fingerprint density at radius 2 is 2.18 bits per heavy atom. The largest absolute Gasteiger partial charge is 0.260 e. The molecule has 0 aliphatic carbocycles. The summed E-state index contributed by atoms with van der Waals surface area (Å²) >= 11 is 3.01. The van der Waals surface area contributed by atoms with Gasteiger partial charge in [-0.05, 0) is 29.8 Å². The number of sulfonamides is 1. The summed E-state index contributed by atoms with van der Waals surface area (Å²) in [4.78, 5) is 0. The lowest BCUT2D eigenvalue weighted by atomic mass is 9.97. The number of nitrogens with one attached hydrogen (secondary N) is 1. The molecule has 7 nitrogen and oxygen atoms in total. The Labute approximate surface area is 108 Å². The van der Waals surface area contributed by atoms with Crippen molar-refractivity contribution in [2.45, 2.75) is 18.9 Å². The van der Waals surface area contributed by atoms with E-state index in [0.717, 1.165) is 4.68 Å². The highest BCUT2D eigenvalue weighted by atomic mass is 79.9. The summed E-state index contributed by atoms with van der Waals surface area (Å²) in [5, 5.41) is 15.9. The average Bonchev–Trinajstić information content (AvgIpc) is 2.57. The Kier molecular flexibility index (Phi) is 3.91. The van der Waals surface area contributed by atoms with Crippen molar-refractivity contribution in [3.05, 3.63) is 4.60 Å². The van der Waals surface area contributed by atoms with Crippen LogP contribution in [-0.2, 0) is 17.1 Å². The molecule has 0 amide bonds. The fourth-order valence-electron chi connectivity index (χ4n) is 0.991. The third kappa shape index (κ3) is 3.24. The number of rotatable bonds is 4. The molecule has 9 heteroatoms. The van der Waals surface area contributed by atoms with E-state index in [-0.39, 0.29) is 16.2 Å². The smallest absolute Gasteiger partial charge is 0.235 e. The first-order valence-electron chi connectivity index (χ1n) is 4.66. The molecule has 17 heavy (non-hydrogen) atoms. The van der Waals surface area contributed by atoms with E-state index in [2.05, 4.69) is 31.0 Å². The zero-order valence-electron chi connectivity index (χ0n) is 9.60. The van der Waals surface area contributed by atoms with Crippen LogP contribution < -0.4 is 4.72 Å². The third-order valence-electron chi connectivity index (χ3n) is 2.00. The molecule has 0 aliphatic heterocycles. The van der Waals surface area contributed by atoms with Crippen LogP contribution >= 0.6 is 15.9 Å². The molecule has 0 spiro atoms. The van der Waals surface area contributed by atoms with Crippen molar-refractivity contribution in [2.24, 2.45) is 12.5 Å². The van der Waals surface area contributed by atoms with Crippen molar-refractivity contribution in [3.63, 3.8) is 0 Å². The van der Waals surface area contributed by atoms with E-state index in [0.29, 0.717) is 0 Å². The lowest BCUT2D eigenvalue weighted by molar-refractivity contribution is 0.475.